The SMILES string of the molecule is CC(C)(C)C(N)C(=O)CCS(C)(=O)=O. The van der Waals surface area contributed by atoms with E-state index in [9.17, 15) is 13.2 Å². The van der Waals surface area contributed by atoms with Gasteiger partial charge in [-0.25, -0.2) is 8.42 Å². The fourth-order valence-electron chi connectivity index (χ4n) is 0.924. The molecule has 0 fully saturated rings. The minimum Gasteiger partial charge on any atom is -0.321 e. The molecule has 0 aliphatic carbocycles. The van der Waals surface area contributed by atoms with Gasteiger partial charge < -0.3 is 5.73 Å². The van der Waals surface area contributed by atoms with Crippen LogP contribution in [0.5, 0.6) is 0 Å². The Labute approximate surface area is 85.8 Å². The number of sulfone groups is 1. The molecule has 0 heterocycles. The Morgan fingerprint density at radius 1 is 1.36 bits per heavy atom. The molecule has 0 aliphatic heterocycles. The molecule has 0 amide bonds. The van der Waals surface area contributed by atoms with Crippen molar-refractivity contribution in [3.8, 4) is 0 Å². The van der Waals surface area contributed by atoms with Crippen molar-refractivity contribution >= 4 is 15.6 Å². The number of hydrogen-bond acceptors (Lipinski definition) is 4. The molecule has 0 aliphatic rings. The van der Waals surface area contributed by atoms with Gasteiger partial charge in [0.2, 0.25) is 0 Å². The normalized spacial score (nSPS) is 15.2. The number of rotatable bonds is 4. The smallest absolute Gasteiger partial charge is 0.151 e. The van der Waals surface area contributed by atoms with Crippen LogP contribution in [0.4, 0.5) is 0 Å². The Morgan fingerprint density at radius 3 is 2.07 bits per heavy atom. The summed E-state index contributed by atoms with van der Waals surface area (Å²) in [5.74, 6) is -0.307. The first-order valence-electron chi connectivity index (χ1n) is 4.50. The highest BCUT2D eigenvalue weighted by atomic mass is 32.2. The molecular weight excluding hydrogens is 202 g/mol. The average Bonchev–Trinajstić information content (AvgIpc) is 1.95. The maximum absolute atomic E-state index is 11.4. The van der Waals surface area contributed by atoms with Crippen LogP contribution >= 0.6 is 0 Å². The van der Waals surface area contributed by atoms with Crippen molar-refractivity contribution in [2.45, 2.75) is 33.2 Å². The molecule has 0 spiro atoms. The Kier molecular flexibility index (Phi) is 4.27. The van der Waals surface area contributed by atoms with Crippen molar-refractivity contribution in [3.05, 3.63) is 0 Å². The van der Waals surface area contributed by atoms with Crippen molar-refractivity contribution in [2.75, 3.05) is 12.0 Å². The summed E-state index contributed by atoms with van der Waals surface area (Å²) in [4.78, 5) is 11.4. The summed E-state index contributed by atoms with van der Waals surface area (Å²) in [6, 6.07) is -0.593. The van der Waals surface area contributed by atoms with E-state index < -0.39 is 15.9 Å². The molecule has 0 saturated carbocycles. The van der Waals surface area contributed by atoms with Crippen molar-refractivity contribution < 1.29 is 13.2 Å². The van der Waals surface area contributed by atoms with Crippen molar-refractivity contribution in [3.63, 3.8) is 0 Å². The molecule has 0 aromatic carbocycles. The van der Waals surface area contributed by atoms with Gasteiger partial charge >= 0.3 is 0 Å². The van der Waals surface area contributed by atoms with Crippen LogP contribution in [-0.4, -0.2) is 32.3 Å². The van der Waals surface area contributed by atoms with Gasteiger partial charge in [0.25, 0.3) is 0 Å². The van der Waals surface area contributed by atoms with E-state index in [4.69, 9.17) is 5.73 Å². The summed E-state index contributed by atoms with van der Waals surface area (Å²) in [5, 5.41) is 0. The van der Waals surface area contributed by atoms with Crippen molar-refractivity contribution in [1.29, 1.82) is 0 Å². The monoisotopic (exact) mass is 221 g/mol. The molecule has 0 aromatic rings. The van der Waals surface area contributed by atoms with Crippen LogP contribution in [-0.2, 0) is 14.6 Å². The van der Waals surface area contributed by atoms with Gasteiger partial charge in [0.15, 0.2) is 5.78 Å². The standard InChI is InChI=1S/C9H19NO3S/c1-9(2,3)8(10)7(11)5-6-14(4,12)13/h8H,5-6,10H2,1-4H3. The second-order valence-corrected chi connectivity index (χ2v) is 6.95. The lowest BCUT2D eigenvalue weighted by molar-refractivity contribution is -0.122. The Hall–Kier alpha value is -0.420. The van der Waals surface area contributed by atoms with Gasteiger partial charge in [-0.3, -0.25) is 4.79 Å². The average molecular weight is 221 g/mol. The Morgan fingerprint density at radius 2 is 1.79 bits per heavy atom. The lowest BCUT2D eigenvalue weighted by Crippen LogP contribution is -2.42. The number of hydrogen-bond donors (Lipinski definition) is 1. The molecule has 1 atom stereocenters. The fraction of sp³-hybridized carbons (Fsp3) is 0.889. The van der Waals surface area contributed by atoms with Crippen LogP contribution in [0.3, 0.4) is 0 Å². The van der Waals surface area contributed by atoms with Crippen LogP contribution in [0.1, 0.15) is 27.2 Å². The van der Waals surface area contributed by atoms with E-state index in [0.717, 1.165) is 6.26 Å². The first-order valence-corrected chi connectivity index (χ1v) is 6.56. The molecule has 2 N–H and O–H groups in total. The first kappa shape index (κ1) is 13.6. The summed E-state index contributed by atoms with van der Waals surface area (Å²) in [5.41, 5.74) is 5.37. The third-order valence-corrected chi connectivity index (χ3v) is 2.94. The Bertz CT molecular complexity index is 301. The largest absolute Gasteiger partial charge is 0.321 e. The fourth-order valence-corrected chi connectivity index (χ4v) is 1.50. The highest BCUT2D eigenvalue weighted by Gasteiger charge is 2.27. The minimum atomic E-state index is -3.07. The highest BCUT2D eigenvalue weighted by Crippen LogP contribution is 2.18. The zero-order valence-electron chi connectivity index (χ0n) is 9.20. The quantitative estimate of drug-likeness (QED) is 0.743. The summed E-state index contributed by atoms with van der Waals surface area (Å²) in [6.45, 7) is 5.57. The molecule has 5 heteroatoms. The van der Waals surface area contributed by atoms with Gasteiger partial charge in [0.1, 0.15) is 9.84 Å². The lowest BCUT2D eigenvalue weighted by Gasteiger charge is -2.25. The highest BCUT2D eigenvalue weighted by molar-refractivity contribution is 7.90. The van der Waals surface area contributed by atoms with Crippen LogP contribution in [0.15, 0.2) is 0 Å². The van der Waals surface area contributed by atoms with E-state index in [1.807, 2.05) is 20.8 Å². The number of nitrogens with two attached hydrogens (primary N) is 1. The lowest BCUT2D eigenvalue weighted by atomic mass is 9.84. The minimum absolute atomic E-state index is 0.0112. The molecule has 84 valence electrons. The number of Topliss-reactive ketones (excluding diaryl/α,β-unsaturated/α-hetero) is 1. The van der Waals surface area contributed by atoms with Crippen LogP contribution in [0.25, 0.3) is 0 Å². The van der Waals surface area contributed by atoms with Crippen LogP contribution < -0.4 is 5.73 Å². The third-order valence-electron chi connectivity index (χ3n) is 2.00. The zero-order valence-corrected chi connectivity index (χ0v) is 10.0. The van der Waals surface area contributed by atoms with E-state index in [0.29, 0.717) is 0 Å². The van der Waals surface area contributed by atoms with Gasteiger partial charge in [-0.2, -0.15) is 0 Å². The molecule has 0 bridgehead atoms. The number of carbonyl (C=O) groups excluding carboxylic acids is 1. The van der Waals surface area contributed by atoms with E-state index in [-0.39, 0.29) is 23.4 Å². The summed E-state index contributed by atoms with van der Waals surface area (Å²) >= 11 is 0. The second-order valence-electron chi connectivity index (χ2n) is 4.69. The Balaban J connectivity index is 4.25. The molecule has 0 saturated heterocycles. The molecule has 14 heavy (non-hydrogen) atoms. The third kappa shape index (κ3) is 5.34. The number of ketones is 1. The first-order chi connectivity index (χ1) is 6.04. The van der Waals surface area contributed by atoms with E-state index in [1.54, 1.807) is 0 Å². The molecule has 0 rings (SSSR count). The molecular formula is C9H19NO3S. The van der Waals surface area contributed by atoms with Crippen LogP contribution in [0.2, 0.25) is 0 Å². The molecule has 0 aromatic heterocycles. The van der Waals surface area contributed by atoms with Crippen molar-refractivity contribution in [2.24, 2.45) is 11.1 Å². The number of carbonyl (C=O) groups is 1. The molecule has 0 radical (unpaired) electrons. The predicted molar refractivity (Wildman–Crippen MR) is 56.8 cm³/mol. The van der Waals surface area contributed by atoms with E-state index in [2.05, 4.69) is 0 Å². The van der Waals surface area contributed by atoms with Gasteiger partial charge in [0, 0.05) is 12.7 Å². The van der Waals surface area contributed by atoms with Crippen LogP contribution in [0, 0.1) is 5.41 Å². The molecule has 4 nitrogen and oxygen atoms in total. The van der Waals surface area contributed by atoms with E-state index in [1.165, 1.54) is 0 Å². The van der Waals surface area contributed by atoms with E-state index >= 15 is 0 Å². The maximum Gasteiger partial charge on any atom is 0.151 e. The molecule has 1 unspecified atom stereocenters. The van der Waals surface area contributed by atoms with Gasteiger partial charge in [0.05, 0.1) is 11.8 Å². The maximum atomic E-state index is 11.4. The summed E-state index contributed by atoms with van der Waals surface area (Å²) in [6.07, 6.45) is 1.13. The predicted octanol–water partition coefficient (Wildman–Crippen LogP) is 0.364. The van der Waals surface area contributed by atoms with Gasteiger partial charge in [-0.1, -0.05) is 20.8 Å². The zero-order chi connectivity index (χ0) is 11.6. The summed E-state index contributed by atoms with van der Waals surface area (Å²) in [7, 11) is -3.07. The van der Waals surface area contributed by atoms with Crippen molar-refractivity contribution in [1.82, 2.24) is 0 Å². The topological polar surface area (TPSA) is 77.2 Å². The van der Waals surface area contributed by atoms with Gasteiger partial charge in [-0.05, 0) is 5.41 Å². The summed E-state index contributed by atoms with van der Waals surface area (Å²) < 4.78 is 21.6. The van der Waals surface area contributed by atoms with Gasteiger partial charge in [-0.15, -0.1) is 0 Å². The second kappa shape index (κ2) is 4.40.